The van der Waals surface area contributed by atoms with Crippen LogP contribution in [0.5, 0.6) is 5.75 Å². The maximum Gasteiger partial charge on any atom is 0.115 e. The van der Waals surface area contributed by atoms with Gasteiger partial charge in [-0.15, -0.1) is 0 Å². The molecular formula is C11H17NO2. The number of hydrogen-bond donors (Lipinski definition) is 2. The van der Waals surface area contributed by atoms with Crippen LogP contribution in [0.25, 0.3) is 0 Å². The molecule has 0 saturated heterocycles. The van der Waals surface area contributed by atoms with Crippen molar-refractivity contribution in [3.8, 4) is 5.75 Å². The van der Waals surface area contributed by atoms with E-state index in [0.717, 1.165) is 12.1 Å². The molecule has 1 aromatic rings. The third kappa shape index (κ3) is 3.26. The van der Waals surface area contributed by atoms with Crippen LogP contribution in [0.1, 0.15) is 13.3 Å². The fourth-order valence-corrected chi connectivity index (χ4v) is 1.26. The molecule has 0 heterocycles. The van der Waals surface area contributed by atoms with Crippen molar-refractivity contribution in [2.24, 2.45) is 0 Å². The average Bonchev–Trinajstić information content (AvgIpc) is 2.20. The van der Waals surface area contributed by atoms with Crippen molar-refractivity contribution in [2.45, 2.75) is 19.4 Å². The highest BCUT2D eigenvalue weighted by Crippen LogP contribution is 2.15. The standard InChI is InChI=1S/C11H17NO2/c1-3-9(8-14-2)12-10-4-6-11(13)7-5-10/h4-7,9,12-13H,3,8H2,1-2H3. The van der Waals surface area contributed by atoms with Crippen molar-refractivity contribution in [3.63, 3.8) is 0 Å². The molecule has 0 saturated carbocycles. The van der Waals surface area contributed by atoms with Gasteiger partial charge in [0.1, 0.15) is 5.75 Å². The molecule has 0 radical (unpaired) electrons. The first-order valence-corrected chi connectivity index (χ1v) is 4.80. The van der Waals surface area contributed by atoms with E-state index in [4.69, 9.17) is 9.84 Å². The van der Waals surface area contributed by atoms with Crippen LogP contribution in [-0.2, 0) is 4.74 Å². The molecule has 1 unspecified atom stereocenters. The second-order valence-corrected chi connectivity index (χ2v) is 3.25. The zero-order valence-electron chi connectivity index (χ0n) is 8.66. The molecule has 1 rings (SSSR count). The van der Waals surface area contributed by atoms with Crippen LogP contribution >= 0.6 is 0 Å². The minimum absolute atomic E-state index is 0.287. The van der Waals surface area contributed by atoms with Gasteiger partial charge in [-0.2, -0.15) is 0 Å². The van der Waals surface area contributed by atoms with E-state index >= 15 is 0 Å². The summed E-state index contributed by atoms with van der Waals surface area (Å²) in [6, 6.07) is 7.37. The minimum Gasteiger partial charge on any atom is -0.508 e. The van der Waals surface area contributed by atoms with Gasteiger partial charge in [-0.3, -0.25) is 0 Å². The lowest BCUT2D eigenvalue weighted by Crippen LogP contribution is -2.23. The molecule has 3 nitrogen and oxygen atoms in total. The molecule has 0 amide bonds. The van der Waals surface area contributed by atoms with Gasteiger partial charge in [0.15, 0.2) is 0 Å². The van der Waals surface area contributed by atoms with E-state index < -0.39 is 0 Å². The van der Waals surface area contributed by atoms with Gasteiger partial charge in [0, 0.05) is 18.8 Å². The number of benzene rings is 1. The van der Waals surface area contributed by atoms with Gasteiger partial charge in [-0.1, -0.05) is 6.92 Å². The SMILES string of the molecule is CCC(COC)Nc1ccc(O)cc1. The Balaban J connectivity index is 2.53. The second kappa shape index (κ2) is 5.50. The smallest absolute Gasteiger partial charge is 0.115 e. The first-order valence-electron chi connectivity index (χ1n) is 4.80. The Kier molecular flexibility index (Phi) is 4.26. The number of methoxy groups -OCH3 is 1. The summed E-state index contributed by atoms with van der Waals surface area (Å²) in [4.78, 5) is 0. The Hall–Kier alpha value is -1.22. The monoisotopic (exact) mass is 195 g/mol. The lowest BCUT2D eigenvalue weighted by Gasteiger charge is -2.17. The molecule has 0 spiro atoms. The number of anilines is 1. The lowest BCUT2D eigenvalue weighted by molar-refractivity contribution is 0.184. The number of phenols is 1. The quantitative estimate of drug-likeness (QED) is 0.708. The third-order valence-corrected chi connectivity index (χ3v) is 2.10. The fourth-order valence-electron chi connectivity index (χ4n) is 1.26. The number of ether oxygens (including phenoxy) is 1. The number of hydrogen-bond acceptors (Lipinski definition) is 3. The topological polar surface area (TPSA) is 41.5 Å². The summed E-state index contributed by atoms with van der Waals surface area (Å²) in [6.07, 6.45) is 1.01. The Morgan fingerprint density at radius 1 is 1.36 bits per heavy atom. The van der Waals surface area contributed by atoms with E-state index in [-0.39, 0.29) is 5.75 Å². The molecule has 1 aromatic carbocycles. The minimum atomic E-state index is 0.287. The van der Waals surface area contributed by atoms with Crippen LogP contribution in [0.2, 0.25) is 0 Å². The van der Waals surface area contributed by atoms with Crippen LogP contribution < -0.4 is 5.32 Å². The van der Waals surface area contributed by atoms with Crippen LogP contribution in [-0.4, -0.2) is 24.9 Å². The lowest BCUT2D eigenvalue weighted by atomic mass is 10.2. The summed E-state index contributed by atoms with van der Waals surface area (Å²) < 4.78 is 5.08. The molecule has 3 heteroatoms. The molecule has 0 bridgehead atoms. The van der Waals surface area contributed by atoms with Crippen molar-refractivity contribution in [1.29, 1.82) is 0 Å². The van der Waals surface area contributed by atoms with Gasteiger partial charge >= 0.3 is 0 Å². The number of rotatable bonds is 5. The first-order chi connectivity index (χ1) is 6.76. The normalized spacial score (nSPS) is 12.4. The van der Waals surface area contributed by atoms with E-state index in [0.29, 0.717) is 12.6 Å². The van der Waals surface area contributed by atoms with Crippen molar-refractivity contribution >= 4 is 5.69 Å². The molecule has 0 aliphatic rings. The summed E-state index contributed by atoms with van der Waals surface area (Å²) in [5.41, 5.74) is 1.01. The number of nitrogens with one attached hydrogen (secondary N) is 1. The van der Waals surface area contributed by atoms with E-state index in [1.165, 1.54) is 0 Å². The van der Waals surface area contributed by atoms with Gasteiger partial charge < -0.3 is 15.2 Å². The molecule has 1 atom stereocenters. The van der Waals surface area contributed by atoms with Crippen molar-refractivity contribution in [3.05, 3.63) is 24.3 Å². The van der Waals surface area contributed by atoms with Crippen molar-refractivity contribution < 1.29 is 9.84 Å². The number of phenolic OH excluding ortho intramolecular Hbond substituents is 1. The van der Waals surface area contributed by atoms with Crippen molar-refractivity contribution in [2.75, 3.05) is 19.0 Å². The van der Waals surface area contributed by atoms with Crippen LogP contribution in [0, 0.1) is 0 Å². The molecule has 78 valence electrons. The van der Waals surface area contributed by atoms with E-state index in [2.05, 4.69) is 12.2 Å². The molecule has 14 heavy (non-hydrogen) atoms. The van der Waals surface area contributed by atoms with Gasteiger partial charge in [-0.25, -0.2) is 0 Å². The van der Waals surface area contributed by atoms with Gasteiger partial charge in [-0.05, 0) is 30.7 Å². The Bertz CT molecular complexity index is 258. The average molecular weight is 195 g/mol. The third-order valence-electron chi connectivity index (χ3n) is 2.10. The fraction of sp³-hybridized carbons (Fsp3) is 0.455. The predicted octanol–water partition coefficient (Wildman–Crippen LogP) is 2.23. The Morgan fingerprint density at radius 3 is 2.50 bits per heavy atom. The highest BCUT2D eigenvalue weighted by molar-refractivity contribution is 5.46. The van der Waals surface area contributed by atoms with Gasteiger partial charge in [0.25, 0.3) is 0 Å². The van der Waals surface area contributed by atoms with Crippen LogP contribution in [0.3, 0.4) is 0 Å². The largest absolute Gasteiger partial charge is 0.508 e. The second-order valence-electron chi connectivity index (χ2n) is 3.25. The predicted molar refractivity (Wildman–Crippen MR) is 57.7 cm³/mol. The summed E-state index contributed by atoms with van der Waals surface area (Å²) in [6.45, 7) is 2.80. The van der Waals surface area contributed by atoms with E-state index in [1.807, 2.05) is 12.1 Å². The van der Waals surface area contributed by atoms with E-state index in [1.54, 1.807) is 19.2 Å². The summed E-state index contributed by atoms with van der Waals surface area (Å²) in [5, 5.41) is 12.4. The molecule has 0 aromatic heterocycles. The molecule has 0 aliphatic carbocycles. The highest BCUT2D eigenvalue weighted by atomic mass is 16.5. The maximum absolute atomic E-state index is 9.10. The molecule has 2 N–H and O–H groups in total. The van der Waals surface area contributed by atoms with Crippen LogP contribution in [0.15, 0.2) is 24.3 Å². The zero-order valence-corrected chi connectivity index (χ0v) is 8.66. The zero-order chi connectivity index (χ0) is 10.4. The Morgan fingerprint density at radius 2 is 2.00 bits per heavy atom. The first kappa shape index (κ1) is 10.9. The van der Waals surface area contributed by atoms with Crippen molar-refractivity contribution in [1.82, 2.24) is 0 Å². The van der Waals surface area contributed by atoms with E-state index in [9.17, 15) is 0 Å². The van der Waals surface area contributed by atoms with Crippen LogP contribution in [0.4, 0.5) is 5.69 Å². The maximum atomic E-state index is 9.10. The Labute approximate surface area is 84.7 Å². The summed E-state index contributed by atoms with van der Waals surface area (Å²) >= 11 is 0. The summed E-state index contributed by atoms with van der Waals surface area (Å²) in [7, 11) is 1.70. The van der Waals surface area contributed by atoms with Gasteiger partial charge in [0.2, 0.25) is 0 Å². The molecular weight excluding hydrogens is 178 g/mol. The number of aromatic hydroxyl groups is 1. The molecule has 0 fully saturated rings. The molecule has 0 aliphatic heterocycles. The summed E-state index contributed by atoms with van der Waals surface area (Å²) in [5.74, 6) is 0.287. The highest BCUT2D eigenvalue weighted by Gasteiger charge is 2.04. The van der Waals surface area contributed by atoms with Gasteiger partial charge in [0.05, 0.1) is 6.61 Å².